The molecule has 0 aliphatic carbocycles. The second-order valence-electron chi connectivity index (χ2n) is 3.02. The van der Waals surface area contributed by atoms with Gasteiger partial charge < -0.3 is 10.1 Å². The van der Waals surface area contributed by atoms with Crippen molar-refractivity contribution in [1.82, 2.24) is 9.89 Å². The van der Waals surface area contributed by atoms with Crippen molar-refractivity contribution in [1.29, 1.82) is 0 Å². The van der Waals surface area contributed by atoms with Crippen molar-refractivity contribution < 1.29 is 4.92 Å². The molecule has 0 aliphatic rings. The summed E-state index contributed by atoms with van der Waals surface area (Å²) < 4.78 is 0. The van der Waals surface area contributed by atoms with E-state index in [0.29, 0.717) is 17.4 Å². The molecule has 0 radical (unpaired) electrons. The molecule has 1 N–H and O–H groups in total. The van der Waals surface area contributed by atoms with Gasteiger partial charge in [0.05, 0.1) is 5.10 Å². The molecule has 0 atom stereocenters. The van der Waals surface area contributed by atoms with E-state index in [1.807, 2.05) is 13.0 Å². The van der Waals surface area contributed by atoms with Crippen molar-refractivity contribution in [3.05, 3.63) is 34.4 Å². The number of nitrogens with zero attached hydrogens (tertiary/aromatic N) is 3. The standard InChI is InChI=1S/C9H10N4O2/c1-2-10-12-8-6-4-3-5-7(8)9(11-12)13(14)15/h3-6,10H,2H2,1H3. The zero-order chi connectivity index (χ0) is 10.8. The minimum absolute atomic E-state index is 0.119. The minimum atomic E-state index is -0.476. The minimum Gasteiger partial charge on any atom is -0.358 e. The topological polar surface area (TPSA) is 73.0 Å². The Morgan fingerprint density at radius 1 is 1.53 bits per heavy atom. The molecular formula is C9H10N4O2. The highest BCUT2D eigenvalue weighted by molar-refractivity contribution is 5.87. The predicted octanol–water partition coefficient (Wildman–Crippen LogP) is 1.51. The monoisotopic (exact) mass is 206 g/mol. The first kappa shape index (κ1) is 9.45. The molecule has 0 bridgehead atoms. The van der Waals surface area contributed by atoms with Gasteiger partial charge in [0, 0.05) is 6.54 Å². The molecule has 2 aromatic rings. The number of nitro groups is 1. The van der Waals surface area contributed by atoms with E-state index < -0.39 is 4.92 Å². The van der Waals surface area contributed by atoms with E-state index in [1.165, 1.54) is 4.79 Å². The molecule has 6 nitrogen and oxygen atoms in total. The number of aromatic nitrogens is 2. The van der Waals surface area contributed by atoms with Gasteiger partial charge in [0.1, 0.15) is 10.9 Å². The van der Waals surface area contributed by atoms with Gasteiger partial charge in [-0.05, 0) is 24.0 Å². The molecule has 1 aromatic carbocycles. The van der Waals surface area contributed by atoms with Crippen LogP contribution >= 0.6 is 0 Å². The summed E-state index contributed by atoms with van der Waals surface area (Å²) in [5, 5.41) is 15.2. The molecule has 6 heteroatoms. The Bertz CT molecular complexity index is 506. The first-order valence-electron chi connectivity index (χ1n) is 4.60. The summed E-state index contributed by atoms with van der Waals surface area (Å²) in [5.74, 6) is -0.119. The van der Waals surface area contributed by atoms with Crippen LogP contribution in [-0.4, -0.2) is 21.4 Å². The van der Waals surface area contributed by atoms with Gasteiger partial charge in [-0.1, -0.05) is 16.9 Å². The SMILES string of the molecule is CCNn1nc([N+](=O)[O-])c2ccccc21. The van der Waals surface area contributed by atoms with E-state index in [9.17, 15) is 10.1 Å². The number of fused-ring (bicyclic) bond motifs is 1. The summed E-state index contributed by atoms with van der Waals surface area (Å²) in [6.07, 6.45) is 0. The first-order valence-corrected chi connectivity index (χ1v) is 4.60. The Balaban J connectivity index is 2.67. The fourth-order valence-electron chi connectivity index (χ4n) is 1.46. The molecule has 0 spiro atoms. The summed E-state index contributed by atoms with van der Waals surface area (Å²) in [7, 11) is 0. The van der Waals surface area contributed by atoms with Crippen molar-refractivity contribution in [2.75, 3.05) is 12.0 Å². The van der Waals surface area contributed by atoms with Crippen molar-refractivity contribution in [3.63, 3.8) is 0 Å². The molecule has 2 rings (SSSR count). The molecule has 0 saturated heterocycles. The average Bonchev–Trinajstić information content (AvgIpc) is 2.59. The number of hydrogen-bond donors (Lipinski definition) is 1. The number of rotatable bonds is 3. The average molecular weight is 206 g/mol. The highest BCUT2D eigenvalue weighted by Gasteiger charge is 2.20. The molecule has 1 heterocycles. The summed E-state index contributed by atoms with van der Waals surface area (Å²) in [4.78, 5) is 11.7. The van der Waals surface area contributed by atoms with Crippen LogP contribution in [0.2, 0.25) is 0 Å². The van der Waals surface area contributed by atoms with Crippen molar-refractivity contribution in [2.24, 2.45) is 0 Å². The van der Waals surface area contributed by atoms with Crippen molar-refractivity contribution in [3.8, 4) is 0 Å². The maximum absolute atomic E-state index is 10.7. The van der Waals surface area contributed by atoms with Gasteiger partial charge in [0.15, 0.2) is 0 Å². The second-order valence-corrected chi connectivity index (χ2v) is 3.02. The Morgan fingerprint density at radius 2 is 2.27 bits per heavy atom. The molecule has 0 aliphatic heterocycles. The molecule has 78 valence electrons. The molecule has 0 fully saturated rings. The van der Waals surface area contributed by atoms with Crippen LogP contribution in [0.3, 0.4) is 0 Å². The first-order chi connectivity index (χ1) is 7.24. The normalized spacial score (nSPS) is 10.5. The quantitative estimate of drug-likeness (QED) is 0.610. The zero-order valence-corrected chi connectivity index (χ0v) is 8.17. The Morgan fingerprint density at radius 3 is 2.93 bits per heavy atom. The van der Waals surface area contributed by atoms with E-state index in [2.05, 4.69) is 10.5 Å². The van der Waals surface area contributed by atoms with E-state index >= 15 is 0 Å². The van der Waals surface area contributed by atoms with E-state index in [0.717, 1.165) is 0 Å². The molecule has 15 heavy (non-hydrogen) atoms. The number of hydrogen-bond acceptors (Lipinski definition) is 4. The largest absolute Gasteiger partial charge is 0.400 e. The predicted molar refractivity (Wildman–Crippen MR) is 56.3 cm³/mol. The third kappa shape index (κ3) is 1.50. The highest BCUT2D eigenvalue weighted by Crippen LogP contribution is 2.23. The molecular weight excluding hydrogens is 196 g/mol. The summed E-state index contributed by atoms with van der Waals surface area (Å²) >= 11 is 0. The number of nitrogens with one attached hydrogen (secondary N) is 1. The van der Waals surface area contributed by atoms with Gasteiger partial charge >= 0.3 is 5.82 Å². The third-order valence-electron chi connectivity index (χ3n) is 2.05. The maximum Gasteiger partial charge on any atom is 0.400 e. The van der Waals surface area contributed by atoms with Crippen molar-refractivity contribution >= 4 is 16.7 Å². The lowest BCUT2D eigenvalue weighted by Gasteiger charge is -1.97. The lowest BCUT2D eigenvalue weighted by Crippen LogP contribution is -2.15. The van der Waals surface area contributed by atoms with Crippen LogP contribution in [0.5, 0.6) is 0 Å². The number of para-hydroxylation sites is 1. The van der Waals surface area contributed by atoms with Gasteiger partial charge in [-0.2, -0.15) is 0 Å². The van der Waals surface area contributed by atoms with Gasteiger partial charge in [-0.15, -0.1) is 0 Å². The van der Waals surface area contributed by atoms with Crippen molar-refractivity contribution in [2.45, 2.75) is 6.92 Å². The third-order valence-corrected chi connectivity index (χ3v) is 2.05. The van der Waals surface area contributed by atoms with Gasteiger partial charge in [0.2, 0.25) is 0 Å². The van der Waals surface area contributed by atoms with E-state index in [-0.39, 0.29) is 5.82 Å². The Kier molecular flexibility index (Phi) is 2.24. The lowest BCUT2D eigenvalue weighted by atomic mass is 10.2. The van der Waals surface area contributed by atoms with Crippen LogP contribution in [0, 0.1) is 10.1 Å². The van der Waals surface area contributed by atoms with Crippen LogP contribution in [-0.2, 0) is 0 Å². The van der Waals surface area contributed by atoms with Gasteiger partial charge in [-0.3, -0.25) is 5.43 Å². The van der Waals surface area contributed by atoms with Crippen LogP contribution < -0.4 is 5.43 Å². The summed E-state index contributed by atoms with van der Waals surface area (Å²) in [6, 6.07) is 7.06. The molecule has 0 amide bonds. The maximum atomic E-state index is 10.7. The van der Waals surface area contributed by atoms with Crippen LogP contribution in [0.25, 0.3) is 10.9 Å². The van der Waals surface area contributed by atoms with E-state index in [1.54, 1.807) is 18.2 Å². The van der Waals surface area contributed by atoms with Gasteiger partial charge in [-0.25, -0.2) is 0 Å². The molecule has 1 aromatic heterocycles. The van der Waals surface area contributed by atoms with Crippen LogP contribution in [0.15, 0.2) is 24.3 Å². The summed E-state index contributed by atoms with van der Waals surface area (Å²) in [5.41, 5.74) is 3.64. The fourth-order valence-corrected chi connectivity index (χ4v) is 1.46. The van der Waals surface area contributed by atoms with Crippen LogP contribution in [0.4, 0.5) is 5.82 Å². The highest BCUT2D eigenvalue weighted by atomic mass is 16.6. The van der Waals surface area contributed by atoms with Crippen LogP contribution in [0.1, 0.15) is 6.92 Å². The fraction of sp³-hybridized carbons (Fsp3) is 0.222. The zero-order valence-electron chi connectivity index (χ0n) is 8.17. The summed E-state index contributed by atoms with van der Waals surface area (Å²) in [6.45, 7) is 2.56. The lowest BCUT2D eigenvalue weighted by molar-refractivity contribution is -0.388. The molecule has 0 unspecified atom stereocenters. The van der Waals surface area contributed by atoms with E-state index in [4.69, 9.17) is 0 Å². The smallest absolute Gasteiger partial charge is 0.358 e. The molecule has 0 saturated carbocycles. The van der Waals surface area contributed by atoms with Gasteiger partial charge in [0.25, 0.3) is 0 Å². The Labute approximate surface area is 85.6 Å². The second kappa shape index (κ2) is 3.56. The number of benzene rings is 1. The Hall–Kier alpha value is -2.11.